The summed E-state index contributed by atoms with van der Waals surface area (Å²) in [5.74, 6) is 0.376. The van der Waals surface area contributed by atoms with E-state index in [9.17, 15) is 4.79 Å². The normalized spacial score (nSPS) is 18.0. The third-order valence-corrected chi connectivity index (χ3v) is 4.49. The molecule has 0 spiro atoms. The third-order valence-electron chi connectivity index (χ3n) is 4.29. The van der Waals surface area contributed by atoms with Gasteiger partial charge < -0.3 is 4.90 Å². The van der Waals surface area contributed by atoms with Crippen molar-refractivity contribution in [2.45, 2.75) is 25.3 Å². The maximum absolute atomic E-state index is 13.0. The number of amides is 1. The molecule has 0 saturated carbocycles. The van der Waals surface area contributed by atoms with Crippen molar-refractivity contribution in [3.8, 4) is 0 Å². The summed E-state index contributed by atoms with van der Waals surface area (Å²) in [6.45, 7) is 0.710. The zero-order valence-electron chi connectivity index (χ0n) is 13.0. The van der Waals surface area contributed by atoms with E-state index >= 15 is 0 Å². The zero-order chi connectivity index (χ0) is 16.5. The van der Waals surface area contributed by atoms with Crippen molar-refractivity contribution < 1.29 is 4.79 Å². The second-order valence-corrected chi connectivity index (χ2v) is 6.31. The van der Waals surface area contributed by atoms with Gasteiger partial charge in [-0.25, -0.2) is 9.97 Å². The molecular weight excluding hydrogens is 326 g/mol. The number of carbonyl (C=O) groups is 1. The molecular formula is C17H16ClN5O. The number of imidazole rings is 1. The van der Waals surface area contributed by atoms with Crippen LogP contribution in [0.15, 0.2) is 43.0 Å². The van der Waals surface area contributed by atoms with Gasteiger partial charge in [-0.1, -0.05) is 17.7 Å². The number of likely N-dealkylation sites (tertiary alicyclic amines) is 1. The number of aromatic nitrogens is 4. The molecule has 0 aliphatic carbocycles. The number of pyridine rings is 1. The highest BCUT2D eigenvalue weighted by Crippen LogP contribution is 2.30. The lowest BCUT2D eigenvalue weighted by Crippen LogP contribution is -2.39. The first-order valence-electron chi connectivity index (χ1n) is 7.94. The molecule has 0 N–H and O–H groups in total. The van der Waals surface area contributed by atoms with Crippen LogP contribution in [0.4, 0.5) is 0 Å². The van der Waals surface area contributed by atoms with Crippen molar-refractivity contribution in [3.05, 3.63) is 59.4 Å². The summed E-state index contributed by atoms with van der Waals surface area (Å²) < 4.78 is 1.68. The van der Waals surface area contributed by atoms with Crippen LogP contribution in [-0.4, -0.2) is 36.7 Å². The Morgan fingerprint density at radius 1 is 1.21 bits per heavy atom. The molecule has 7 heteroatoms. The Labute approximate surface area is 144 Å². The van der Waals surface area contributed by atoms with Gasteiger partial charge in [0.1, 0.15) is 5.69 Å². The van der Waals surface area contributed by atoms with Gasteiger partial charge in [0.2, 0.25) is 5.78 Å². The highest BCUT2D eigenvalue weighted by Gasteiger charge is 2.30. The average molecular weight is 342 g/mol. The lowest BCUT2D eigenvalue weighted by Gasteiger charge is -2.34. The van der Waals surface area contributed by atoms with E-state index in [2.05, 4.69) is 15.0 Å². The van der Waals surface area contributed by atoms with Crippen LogP contribution in [0.5, 0.6) is 0 Å². The Balaban J connectivity index is 1.67. The topological polar surface area (TPSA) is 63.4 Å². The summed E-state index contributed by atoms with van der Waals surface area (Å²) in [6, 6.07) is 5.81. The number of piperidine rings is 1. The minimum atomic E-state index is -0.0908. The Kier molecular flexibility index (Phi) is 3.90. The van der Waals surface area contributed by atoms with Crippen LogP contribution < -0.4 is 0 Å². The molecule has 1 atom stereocenters. The van der Waals surface area contributed by atoms with E-state index < -0.39 is 0 Å². The molecule has 0 aromatic carbocycles. The lowest BCUT2D eigenvalue weighted by molar-refractivity contribution is 0.0600. The molecule has 1 fully saturated rings. The minimum Gasteiger partial charge on any atom is -0.329 e. The maximum atomic E-state index is 13.0. The van der Waals surface area contributed by atoms with Crippen LogP contribution in [0.3, 0.4) is 0 Å². The van der Waals surface area contributed by atoms with Gasteiger partial charge >= 0.3 is 0 Å². The molecule has 3 aromatic rings. The third kappa shape index (κ3) is 2.73. The molecule has 6 nitrogen and oxygen atoms in total. The molecule has 0 bridgehead atoms. The predicted molar refractivity (Wildman–Crippen MR) is 89.9 cm³/mol. The van der Waals surface area contributed by atoms with Gasteiger partial charge in [-0.2, -0.15) is 0 Å². The molecule has 4 heterocycles. The molecule has 3 aromatic heterocycles. The fourth-order valence-corrected chi connectivity index (χ4v) is 3.32. The Morgan fingerprint density at radius 2 is 2.12 bits per heavy atom. The van der Waals surface area contributed by atoms with E-state index in [1.54, 1.807) is 23.0 Å². The zero-order valence-corrected chi connectivity index (χ0v) is 13.7. The molecule has 1 amide bonds. The van der Waals surface area contributed by atoms with E-state index in [1.165, 1.54) is 6.20 Å². The minimum absolute atomic E-state index is 0.00573. The number of hydrogen-bond donors (Lipinski definition) is 0. The van der Waals surface area contributed by atoms with Gasteiger partial charge in [0, 0.05) is 25.1 Å². The number of halogens is 1. The Morgan fingerprint density at radius 3 is 2.96 bits per heavy atom. The molecule has 1 saturated heterocycles. The second kappa shape index (κ2) is 6.20. The monoisotopic (exact) mass is 341 g/mol. The van der Waals surface area contributed by atoms with Crippen molar-refractivity contribution in [2.24, 2.45) is 0 Å². The molecule has 1 aliphatic rings. The van der Waals surface area contributed by atoms with E-state index in [0.29, 0.717) is 23.0 Å². The van der Waals surface area contributed by atoms with Gasteiger partial charge in [0.25, 0.3) is 5.91 Å². The molecule has 0 radical (unpaired) electrons. The van der Waals surface area contributed by atoms with Gasteiger partial charge in [-0.05, 0) is 31.4 Å². The summed E-state index contributed by atoms with van der Waals surface area (Å²) in [4.78, 5) is 27.8. The smallest absolute Gasteiger partial charge is 0.274 e. The maximum Gasteiger partial charge on any atom is 0.274 e. The molecule has 4 rings (SSSR count). The van der Waals surface area contributed by atoms with Crippen LogP contribution in [0.1, 0.15) is 41.5 Å². The van der Waals surface area contributed by atoms with Crippen LogP contribution >= 0.6 is 11.6 Å². The largest absolute Gasteiger partial charge is 0.329 e. The number of rotatable bonds is 2. The highest BCUT2D eigenvalue weighted by molar-refractivity contribution is 6.30. The van der Waals surface area contributed by atoms with E-state index in [4.69, 9.17) is 11.6 Å². The lowest BCUT2D eigenvalue weighted by atomic mass is 9.98. The van der Waals surface area contributed by atoms with Crippen molar-refractivity contribution in [1.29, 1.82) is 0 Å². The molecule has 122 valence electrons. The SMILES string of the molecule is O=C(c1cn2cc(Cl)cnc2n1)N1CCCC[C@H]1c1ccccn1. The second-order valence-electron chi connectivity index (χ2n) is 5.87. The standard InChI is InChI=1S/C17H16ClN5O/c18-12-9-20-17-21-14(11-22(17)10-12)16(24)23-8-4-2-6-15(23)13-5-1-3-7-19-13/h1,3,5,7,9-11,15H,2,4,6,8H2/t15-/m0/s1. The van der Waals surface area contributed by atoms with Gasteiger partial charge in [0.15, 0.2) is 0 Å². The number of hydrogen-bond acceptors (Lipinski definition) is 4. The van der Waals surface area contributed by atoms with Crippen molar-refractivity contribution >= 4 is 23.3 Å². The number of fused-ring (bicyclic) bond motifs is 1. The van der Waals surface area contributed by atoms with E-state index in [0.717, 1.165) is 25.0 Å². The fourth-order valence-electron chi connectivity index (χ4n) is 3.17. The van der Waals surface area contributed by atoms with E-state index in [1.807, 2.05) is 23.1 Å². The summed E-state index contributed by atoms with van der Waals surface area (Å²) >= 11 is 5.94. The fraction of sp³-hybridized carbons (Fsp3) is 0.294. The Hall–Kier alpha value is -2.47. The summed E-state index contributed by atoms with van der Waals surface area (Å²) in [6.07, 6.45) is 9.67. The van der Waals surface area contributed by atoms with E-state index in [-0.39, 0.29) is 11.9 Å². The van der Waals surface area contributed by atoms with Crippen LogP contribution in [0.25, 0.3) is 5.78 Å². The average Bonchev–Trinajstić information content (AvgIpc) is 3.05. The molecule has 24 heavy (non-hydrogen) atoms. The van der Waals surface area contributed by atoms with Gasteiger partial charge in [-0.15, -0.1) is 0 Å². The summed E-state index contributed by atoms with van der Waals surface area (Å²) in [5, 5.41) is 0.503. The predicted octanol–water partition coefficient (Wildman–Crippen LogP) is 3.15. The highest BCUT2D eigenvalue weighted by atomic mass is 35.5. The Bertz CT molecular complexity index is 879. The number of nitrogens with zero attached hydrogens (tertiary/aromatic N) is 5. The van der Waals surface area contributed by atoms with Crippen molar-refractivity contribution in [2.75, 3.05) is 6.54 Å². The first-order chi connectivity index (χ1) is 11.7. The molecule has 0 unspecified atom stereocenters. The number of carbonyl (C=O) groups excluding carboxylic acids is 1. The van der Waals surface area contributed by atoms with Crippen LogP contribution in [0.2, 0.25) is 5.02 Å². The van der Waals surface area contributed by atoms with Crippen molar-refractivity contribution in [3.63, 3.8) is 0 Å². The first kappa shape index (κ1) is 15.1. The van der Waals surface area contributed by atoms with Crippen LogP contribution in [0, 0.1) is 0 Å². The quantitative estimate of drug-likeness (QED) is 0.718. The molecule has 1 aliphatic heterocycles. The van der Waals surface area contributed by atoms with Gasteiger partial charge in [-0.3, -0.25) is 14.2 Å². The van der Waals surface area contributed by atoms with Crippen LogP contribution in [-0.2, 0) is 0 Å². The summed E-state index contributed by atoms with van der Waals surface area (Å²) in [7, 11) is 0. The van der Waals surface area contributed by atoms with Crippen molar-refractivity contribution in [1.82, 2.24) is 24.3 Å². The van der Waals surface area contributed by atoms with Gasteiger partial charge in [0.05, 0.1) is 23.0 Å². The summed E-state index contributed by atoms with van der Waals surface area (Å²) in [5.41, 5.74) is 1.31. The first-order valence-corrected chi connectivity index (χ1v) is 8.32.